The second kappa shape index (κ2) is 5.38. The highest BCUT2D eigenvalue weighted by Gasteiger charge is 2.25. The van der Waals surface area contributed by atoms with Crippen LogP contribution in [0.3, 0.4) is 0 Å². The van der Waals surface area contributed by atoms with Crippen molar-refractivity contribution in [1.82, 2.24) is 29.9 Å². The first-order valence-electron chi connectivity index (χ1n) is 7.20. The first kappa shape index (κ1) is 14.3. The van der Waals surface area contributed by atoms with E-state index in [1.165, 1.54) is 4.68 Å². The van der Waals surface area contributed by atoms with Gasteiger partial charge in [-0.15, -0.1) is 5.10 Å². The second-order valence-electron chi connectivity index (χ2n) is 5.55. The van der Waals surface area contributed by atoms with E-state index in [9.17, 15) is 4.79 Å². The fourth-order valence-corrected chi connectivity index (χ4v) is 3.13. The molecule has 0 saturated carbocycles. The lowest BCUT2D eigenvalue weighted by Gasteiger charge is -2.27. The van der Waals surface area contributed by atoms with Crippen LogP contribution in [-0.2, 0) is 20.0 Å². The zero-order valence-electron chi connectivity index (χ0n) is 12.4. The van der Waals surface area contributed by atoms with Gasteiger partial charge in [0.25, 0.3) is 5.91 Å². The molecule has 0 radical (unpaired) electrons. The summed E-state index contributed by atoms with van der Waals surface area (Å²) in [4.78, 5) is 23.3. The summed E-state index contributed by atoms with van der Waals surface area (Å²) < 4.78 is 2.44. The van der Waals surface area contributed by atoms with Crippen molar-refractivity contribution in [2.45, 2.75) is 13.0 Å². The van der Waals surface area contributed by atoms with Crippen LogP contribution in [0.4, 0.5) is 0 Å². The van der Waals surface area contributed by atoms with Crippen molar-refractivity contribution < 1.29 is 4.79 Å². The Kier molecular flexibility index (Phi) is 3.33. The Morgan fingerprint density at radius 2 is 2.22 bits per heavy atom. The Balaban J connectivity index is 1.67. The van der Waals surface area contributed by atoms with Crippen LogP contribution in [0, 0.1) is 0 Å². The van der Waals surface area contributed by atoms with E-state index in [4.69, 9.17) is 0 Å². The zero-order chi connectivity index (χ0) is 16.0. The Labute approximate surface area is 140 Å². The molecule has 0 bridgehead atoms. The van der Waals surface area contributed by atoms with E-state index in [1.807, 2.05) is 6.07 Å². The number of rotatable bonds is 1. The van der Waals surface area contributed by atoms with Gasteiger partial charge in [0.15, 0.2) is 11.3 Å². The summed E-state index contributed by atoms with van der Waals surface area (Å²) in [5.41, 5.74) is 3.17. The lowest BCUT2D eigenvalue weighted by Crippen LogP contribution is -2.36. The summed E-state index contributed by atoms with van der Waals surface area (Å²) in [7, 11) is 1.75. The maximum Gasteiger partial charge on any atom is 0.276 e. The third-order valence-electron chi connectivity index (χ3n) is 3.89. The predicted octanol–water partition coefficient (Wildman–Crippen LogP) is 1.72. The van der Waals surface area contributed by atoms with Crippen molar-refractivity contribution in [1.29, 1.82) is 0 Å². The third-order valence-corrected chi connectivity index (χ3v) is 4.33. The van der Waals surface area contributed by atoms with Gasteiger partial charge in [0, 0.05) is 48.3 Å². The average molecular weight is 373 g/mol. The molecule has 0 aliphatic carbocycles. The molecule has 1 amide bonds. The molecule has 3 aromatic rings. The minimum absolute atomic E-state index is 0.101. The zero-order valence-corrected chi connectivity index (χ0v) is 14.0. The molecule has 1 aliphatic heterocycles. The van der Waals surface area contributed by atoms with E-state index in [-0.39, 0.29) is 5.91 Å². The number of amides is 1. The highest BCUT2D eigenvalue weighted by Crippen LogP contribution is 2.24. The van der Waals surface area contributed by atoms with Gasteiger partial charge in [-0.25, -0.2) is 9.97 Å². The number of carbonyl (C=O) groups excluding carboxylic acids is 1. The van der Waals surface area contributed by atoms with Crippen LogP contribution >= 0.6 is 15.9 Å². The number of aryl methyl sites for hydroxylation is 1. The number of pyridine rings is 2. The average Bonchev–Trinajstić information content (AvgIpc) is 2.98. The fraction of sp³-hybridized carbons (Fsp3) is 0.267. The molecule has 0 aromatic carbocycles. The predicted molar refractivity (Wildman–Crippen MR) is 86.7 cm³/mol. The van der Waals surface area contributed by atoms with Crippen LogP contribution in [0.1, 0.15) is 21.7 Å². The van der Waals surface area contributed by atoms with E-state index >= 15 is 0 Å². The molecule has 0 unspecified atom stereocenters. The minimum atomic E-state index is -0.101. The Bertz CT molecular complexity index is 921. The molecule has 0 fully saturated rings. The molecular weight excluding hydrogens is 360 g/mol. The van der Waals surface area contributed by atoms with Crippen LogP contribution in [0.2, 0.25) is 0 Å². The van der Waals surface area contributed by atoms with Gasteiger partial charge in [-0.1, -0.05) is 5.21 Å². The molecule has 1 aliphatic rings. The molecular formula is C15H13BrN6O. The molecule has 4 heterocycles. The first-order valence-corrected chi connectivity index (χ1v) is 7.99. The molecule has 0 spiro atoms. The largest absolute Gasteiger partial charge is 0.332 e. The monoisotopic (exact) mass is 372 g/mol. The second-order valence-corrected chi connectivity index (χ2v) is 6.46. The van der Waals surface area contributed by atoms with Crippen molar-refractivity contribution in [2.24, 2.45) is 7.05 Å². The number of halogens is 1. The van der Waals surface area contributed by atoms with E-state index in [0.29, 0.717) is 18.8 Å². The fourth-order valence-electron chi connectivity index (χ4n) is 2.78. The molecule has 0 N–H and O–H groups in total. The molecule has 116 valence electrons. The summed E-state index contributed by atoms with van der Waals surface area (Å²) in [5, 5.41) is 8.68. The van der Waals surface area contributed by atoms with Crippen molar-refractivity contribution in [3.05, 3.63) is 46.0 Å². The third kappa shape index (κ3) is 2.59. The molecule has 8 heteroatoms. The topological polar surface area (TPSA) is 76.8 Å². The van der Waals surface area contributed by atoms with E-state index in [1.54, 1.807) is 24.3 Å². The van der Waals surface area contributed by atoms with Crippen molar-refractivity contribution in [3.8, 4) is 0 Å². The van der Waals surface area contributed by atoms with E-state index in [2.05, 4.69) is 42.3 Å². The number of fused-ring (bicyclic) bond motifs is 2. The first-order chi connectivity index (χ1) is 11.1. The molecule has 0 atom stereocenters. The Hall–Kier alpha value is -2.35. The van der Waals surface area contributed by atoms with Crippen LogP contribution in [0.15, 0.2) is 29.0 Å². The van der Waals surface area contributed by atoms with Gasteiger partial charge in [0.1, 0.15) is 0 Å². The van der Waals surface area contributed by atoms with Gasteiger partial charge in [-0.3, -0.25) is 9.48 Å². The quantitative estimate of drug-likeness (QED) is 0.649. The highest BCUT2D eigenvalue weighted by atomic mass is 79.9. The Morgan fingerprint density at radius 3 is 3.00 bits per heavy atom. The van der Waals surface area contributed by atoms with Crippen LogP contribution < -0.4 is 0 Å². The van der Waals surface area contributed by atoms with Crippen molar-refractivity contribution in [3.63, 3.8) is 0 Å². The molecule has 4 rings (SSSR count). The van der Waals surface area contributed by atoms with Crippen molar-refractivity contribution >= 4 is 32.9 Å². The summed E-state index contributed by atoms with van der Waals surface area (Å²) >= 11 is 3.42. The van der Waals surface area contributed by atoms with Gasteiger partial charge in [-0.05, 0) is 33.6 Å². The summed E-state index contributed by atoms with van der Waals surface area (Å²) in [6, 6.07) is 4.05. The van der Waals surface area contributed by atoms with Gasteiger partial charge in [-0.2, -0.15) is 0 Å². The molecule has 0 saturated heterocycles. The highest BCUT2D eigenvalue weighted by molar-refractivity contribution is 9.10. The summed E-state index contributed by atoms with van der Waals surface area (Å²) in [6.07, 6.45) is 4.10. The maximum atomic E-state index is 12.5. The lowest BCUT2D eigenvalue weighted by atomic mass is 10.0. The standard InChI is InChI=1S/C15H13BrN6O/c1-21-8-13(19-20-21)15(23)22-3-2-12-10(7-22)4-9-5-11(16)6-17-14(9)18-12/h4-6,8H,2-3,7H2,1H3. The number of aromatic nitrogens is 5. The summed E-state index contributed by atoms with van der Waals surface area (Å²) in [5.74, 6) is -0.101. The Morgan fingerprint density at radius 1 is 1.35 bits per heavy atom. The van der Waals surface area contributed by atoms with Gasteiger partial charge in [0.2, 0.25) is 0 Å². The maximum absolute atomic E-state index is 12.5. The number of nitrogens with zero attached hydrogens (tertiary/aromatic N) is 6. The van der Waals surface area contributed by atoms with E-state index < -0.39 is 0 Å². The number of hydrogen-bond donors (Lipinski definition) is 0. The van der Waals surface area contributed by atoms with Crippen molar-refractivity contribution in [2.75, 3.05) is 6.54 Å². The van der Waals surface area contributed by atoms with Gasteiger partial charge >= 0.3 is 0 Å². The normalized spacial score (nSPS) is 14.1. The lowest BCUT2D eigenvalue weighted by molar-refractivity contribution is 0.0727. The smallest absolute Gasteiger partial charge is 0.276 e. The molecule has 7 nitrogen and oxygen atoms in total. The number of carbonyl (C=O) groups is 1. The van der Waals surface area contributed by atoms with Crippen LogP contribution in [0.5, 0.6) is 0 Å². The SMILES string of the molecule is Cn1cc(C(=O)N2CCc3nc4ncc(Br)cc4cc3C2)nn1. The summed E-state index contributed by atoms with van der Waals surface area (Å²) in [6.45, 7) is 1.15. The molecule has 3 aromatic heterocycles. The van der Waals surface area contributed by atoms with Gasteiger partial charge < -0.3 is 4.90 Å². The van der Waals surface area contributed by atoms with Crippen LogP contribution in [-0.4, -0.2) is 42.3 Å². The minimum Gasteiger partial charge on any atom is -0.332 e. The van der Waals surface area contributed by atoms with E-state index in [0.717, 1.165) is 33.2 Å². The number of hydrogen-bond acceptors (Lipinski definition) is 5. The van der Waals surface area contributed by atoms with Crippen LogP contribution in [0.25, 0.3) is 11.0 Å². The van der Waals surface area contributed by atoms with Gasteiger partial charge in [0.05, 0.1) is 6.20 Å². The molecule has 23 heavy (non-hydrogen) atoms.